The zero-order valence-electron chi connectivity index (χ0n) is 12.7. The molecule has 0 heterocycles. The lowest BCUT2D eigenvalue weighted by molar-refractivity contribution is 0.426. The van der Waals surface area contributed by atoms with Gasteiger partial charge < -0.3 is 5.32 Å². The molecular weight excluding hydrogens is 218 g/mol. The molecule has 102 valence electrons. The minimum absolute atomic E-state index is 0.576. The lowest BCUT2D eigenvalue weighted by Crippen LogP contribution is -2.29. The first kappa shape index (κ1) is 15.2. The van der Waals surface area contributed by atoms with E-state index in [4.69, 9.17) is 0 Å². The lowest BCUT2D eigenvalue weighted by Gasteiger charge is -2.22. The average molecular weight is 247 g/mol. The third-order valence-electron chi connectivity index (χ3n) is 3.75. The molecule has 2 atom stereocenters. The first-order chi connectivity index (χ1) is 8.54. The fourth-order valence-corrected chi connectivity index (χ4v) is 2.20. The largest absolute Gasteiger partial charge is 0.314 e. The Labute approximate surface area is 113 Å². The Balaban J connectivity index is 2.57. The molecule has 0 aliphatic carbocycles. The van der Waals surface area contributed by atoms with Crippen molar-refractivity contribution in [2.24, 2.45) is 5.92 Å². The van der Waals surface area contributed by atoms with Crippen LogP contribution < -0.4 is 5.32 Å². The molecule has 1 N–H and O–H groups in total. The molecule has 0 saturated carbocycles. The van der Waals surface area contributed by atoms with E-state index in [2.05, 4.69) is 64.2 Å². The summed E-state index contributed by atoms with van der Waals surface area (Å²) in [4.78, 5) is 0. The Hall–Kier alpha value is -0.820. The highest BCUT2D eigenvalue weighted by Crippen LogP contribution is 2.24. The van der Waals surface area contributed by atoms with Crippen LogP contribution in [0, 0.1) is 5.92 Å². The fourth-order valence-electron chi connectivity index (χ4n) is 2.20. The second-order valence-corrected chi connectivity index (χ2v) is 5.82. The molecule has 0 aliphatic rings. The number of rotatable bonds is 7. The molecule has 1 heteroatoms. The zero-order chi connectivity index (χ0) is 13.5. The van der Waals surface area contributed by atoms with Crippen molar-refractivity contribution in [3.63, 3.8) is 0 Å². The molecule has 0 aliphatic heterocycles. The minimum atomic E-state index is 0.576. The third kappa shape index (κ3) is 4.81. The van der Waals surface area contributed by atoms with Crippen LogP contribution in [0.15, 0.2) is 24.3 Å². The van der Waals surface area contributed by atoms with Crippen LogP contribution in [0.25, 0.3) is 0 Å². The van der Waals surface area contributed by atoms with Crippen LogP contribution in [0.4, 0.5) is 0 Å². The smallest absolute Gasteiger partial charge is 0.00104 e. The lowest BCUT2D eigenvalue weighted by atomic mass is 9.88. The molecule has 0 saturated heterocycles. The van der Waals surface area contributed by atoms with Gasteiger partial charge in [-0.1, -0.05) is 65.3 Å². The highest BCUT2D eigenvalue weighted by Gasteiger charge is 2.14. The summed E-state index contributed by atoms with van der Waals surface area (Å²) < 4.78 is 0. The number of nitrogens with one attached hydrogen (secondary N) is 1. The van der Waals surface area contributed by atoms with E-state index in [0.29, 0.717) is 17.9 Å². The molecule has 2 unspecified atom stereocenters. The first-order valence-electron chi connectivity index (χ1n) is 7.36. The summed E-state index contributed by atoms with van der Waals surface area (Å²) in [5.74, 6) is 1.29. The molecule has 0 aromatic heterocycles. The molecule has 0 radical (unpaired) electrons. The summed E-state index contributed by atoms with van der Waals surface area (Å²) in [6.07, 6.45) is 2.42. The van der Waals surface area contributed by atoms with E-state index in [1.165, 1.54) is 24.0 Å². The second kappa shape index (κ2) is 7.58. The summed E-state index contributed by atoms with van der Waals surface area (Å²) >= 11 is 0. The van der Waals surface area contributed by atoms with Crippen LogP contribution in [-0.2, 0) is 6.42 Å². The molecule has 0 amide bonds. The van der Waals surface area contributed by atoms with E-state index in [-0.39, 0.29) is 0 Å². The van der Waals surface area contributed by atoms with Crippen molar-refractivity contribution in [1.29, 1.82) is 0 Å². The molecular formula is C17H29N. The number of hydrogen-bond donors (Lipinski definition) is 1. The molecule has 1 rings (SSSR count). The topological polar surface area (TPSA) is 12.0 Å². The summed E-state index contributed by atoms with van der Waals surface area (Å²) in [7, 11) is 0. The van der Waals surface area contributed by atoms with Crippen molar-refractivity contribution >= 4 is 0 Å². The van der Waals surface area contributed by atoms with Gasteiger partial charge in [0.15, 0.2) is 0 Å². The van der Waals surface area contributed by atoms with Crippen molar-refractivity contribution in [1.82, 2.24) is 5.32 Å². The van der Waals surface area contributed by atoms with E-state index < -0.39 is 0 Å². The van der Waals surface area contributed by atoms with Crippen molar-refractivity contribution in [3.8, 4) is 0 Å². The molecule has 1 aromatic carbocycles. The molecule has 0 fully saturated rings. The van der Waals surface area contributed by atoms with Gasteiger partial charge in [-0.2, -0.15) is 0 Å². The summed E-state index contributed by atoms with van der Waals surface area (Å²) in [5, 5.41) is 3.53. The van der Waals surface area contributed by atoms with Crippen LogP contribution >= 0.6 is 0 Å². The second-order valence-electron chi connectivity index (χ2n) is 5.82. The maximum atomic E-state index is 3.53. The van der Waals surface area contributed by atoms with Crippen LogP contribution in [0.3, 0.4) is 0 Å². The van der Waals surface area contributed by atoms with E-state index in [1.807, 2.05) is 0 Å². The SMILES string of the molecule is CCCc1ccc(C(C)C(C)CNC(C)C)cc1. The fraction of sp³-hybridized carbons (Fsp3) is 0.647. The van der Waals surface area contributed by atoms with Crippen LogP contribution in [-0.4, -0.2) is 12.6 Å². The number of hydrogen-bond acceptors (Lipinski definition) is 1. The highest BCUT2D eigenvalue weighted by molar-refractivity contribution is 5.25. The Morgan fingerprint density at radius 1 is 1.00 bits per heavy atom. The molecule has 0 bridgehead atoms. The van der Waals surface area contributed by atoms with Gasteiger partial charge in [-0.3, -0.25) is 0 Å². The van der Waals surface area contributed by atoms with Gasteiger partial charge in [0.2, 0.25) is 0 Å². The van der Waals surface area contributed by atoms with Crippen molar-refractivity contribution < 1.29 is 0 Å². The standard InChI is InChI=1S/C17H29N/c1-6-7-16-8-10-17(11-9-16)15(5)14(4)12-18-13(2)3/h8-11,13-15,18H,6-7,12H2,1-5H3. The van der Waals surface area contributed by atoms with Gasteiger partial charge in [0.25, 0.3) is 0 Å². The number of benzene rings is 1. The van der Waals surface area contributed by atoms with Gasteiger partial charge in [0, 0.05) is 6.04 Å². The Morgan fingerprint density at radius 2 is 1.61 bits per heavy atom. The predicted molar refractivity (Wildman–Crippen MR) is 81.2 cm³/mol. The van der Waals surface area contributed by atoms with Crippen molar-refractivity contribution in [3.05, 3.63) is 35.4 Å². The first-order valence-corrected chi connectivity index (χ1v) is 7.36. The normalized spacial score (nSPS) is 14.8. The van der Waals surface area contributed by atoms with Crippen molar-refractivity contribution in [2.75, 3.05) is 6.54 Å². The minimum Gasteiger partial charge on any atom is -0.314 e. The van der Waals surface area contributed by atoms with Gasteiger partial charge in [-0.15, -0.1) is 0 Å². The molecule has 1 aromatic rings. The van der Waals surface area contributed by atoms with Crippen LogP contribution in [0.2, 0.25) is 0 Å². The quantitative estimate of drug-likeness (QED) is 0.754. The van der Waals surface area contributed by atoms with Gasteiger partial charge >= 0.3 is 0 Å². The summed E-state index contributed by atoms with van der Waals surface area (Å²) in [6, 6.07) is 9.77. The van der Waals surface area contributed by atoms with E-state index >= 15 is 0 Å². The van der Waals surface area contributed by atoms with Crippen LogP contribution in [0.1, 0.15) is 58.1 Å². The zero-order valence-corrected chi connectivity index (χ0v) is 12.7. The summed E-state index contributed by atoms with van der Waals surface area (Å²) in [6.45, 7) is 12.4. The molecule has 0 spiro atoms. The average Bonchev–Trinajstić information content (AvgIpc) is 2.36. The van der Waals surface area contributed by atoms with Gasteiger partial charge in [-0.05, 0) is 35.9 Å². The third-order valence-corrected chi connectivity index (χ3v) is 3.75. The summed E-state index contributed by atoms with van der Waals surface area (Å²) in [5.41, 5.74) is 2.93. The van der Waals surface area contributed by atoms with Gasteiger partial charge in [0.1, 0.15) is 0 Å². The van der Waals surface area contributed by atoms with Crippen molar-refractivity contribution in [2.45, 2.75) is 59.4 Å². The predicted octanol–water partition coefficient (Wildman–Crippen LogP) is 4.38. The van der Waals surface area contributed by atoms with Crippen LogP contribution in [0.5, 0.6) is 0 Å². The monoisotopic (exact) mass is 247 g/mol. The van der Waals surface area contributed by atoms with E-state index in [9.17, 15) is 0 Å². The van der Waals surface area contributed by atoms with E-state index in [0.717, 1.165) is 6.54 Å². The molecule has 1 nitrogen and oxygen atoms in total. The van der Waals surface area contributed by atoms with E-state index in [1.54, 1.807) is 0 Å². The Bertz CT molecular complexity index is 326. The Morgan fingerprint density at radius 3 is 2.11 bits per heavy atom. The van der Waals surface area contributed by atoms with Gasteiger partial charge in [0.05, 0.1) is 0 Å². The Kier molecular flexibility index (Phi) is 6.42. The van der Waals surface area contributed by atoms with Gasteiger partial charge in [-0.25, -0.2) is 0 Å². The number of aryl methyl sites for hydroxylation is 1. The maximum absolute atomic E-state index is 3.53. The maximum Gasteiger partial charge on any atom is 0.00104 e. The molecule has 18 heavy (non-hydrogen) atoms. The highest BCUT2D eigenvalue weighted by atomic mass is 14.9.